The molecule has 0 spiro atoms. The number of nitrogens with zero attached hydrogens (tertiary/aromatic N) is 1. The molecular formula is C10H18N2O3S2. The third kappa shape index (κ3) is 2.95. The summed E-state index contributed by atoms with van der Waals surface area (Å²) < 4.78 is 22.8. The van der Waals surface area contributed by atoms with E-state index in [1.165, 1.54) is 0 Å². The number of rotatable bonds is 2. The van der Waals surface area contributed by atoms with E-state index in [-0.39, 0.29) is 35.0 Å². The average Bonchev–Trinajstić information content (AvgIpc) is 2.15. The van der Waals surface area contributed by atoms with Gasteiger partial charge >= 0.3 is 0 Å². The maximum absolute atomic E-state index is 12.2. The van der Waals surface area contributed by atoms with Crippen LogP contribution < -0.4 is 5.73 Å². The molecule has 0 aliphatic carbocycles. The number of carbonyl (C=O) groups excluding carboxylic acids is 1. The summed E-state index contributed by atoms with van der Waals surface area (Å²) in [4.78, 5) is 13.9. The molecule has 1 unspecified atom stereocenters. The maximum Gasteiger partial charge on any atom is 0.235 e. The fraction of sp³-hybridized carbons (Fsp3) is 0.800. The lowest BCUT2D eigenvalue weighted by molar-refractivity contribution is -0.138. The van der Waals surface area contributed by atoms with Crippen LogP contribution in [-0.4, -0.2) is 48.3 Å². The van der Waals surface area contributed by atoms with E-state index in [1.807, 2.05) is 0 Å². The van der Waals surface area contributed by atoms with Gasteiger partial charge in [-0.2, -0.15) is 0 Å². The van der Waals surface area contributed by atoms with E-state index in [2.05, 4.69) is 0 Å². The van der Waals surface area contributed by atoms with Crippen LogP contribution in [0.25, 0.3) is 0 Å². The predicted molar refractivity (Wildman–Crippen MR) is 70.4 cm³/mol. The monoisotopic (exact) mass is 278 g/mol. The van der Waals surface area contributed by atoms with Crippen LogP contribution in [0.1, 0.15) is 20.8 Å². The summed E-state index contributed by atoms with van der Waals surface area (Å²) >= 11 is 4.87. The van der Waals surface area contributed by atoms with Gasteiger partial charge in [-0.25, -0.2) is 8.42 Å². The molecule has 1 aliphatic heterocycles. The second-order valence-corrected chi connectivity index (χ2v) is 7.62. The van der Waals surface area contributed by atoms with Crippen LogP contribution in [0.2, 0.25) is 0 Å². The van der Waals surface area contributed by atoms with Crippen LogP contribution in [0.5, 0.6) is 0 Å². The highest BCUT2D eigenvalue weighted by molar-refractivity contribution is 7.91. The fourth-order valence-corrected chi connectivity index (χ4v) is 3.41. The molecule has 0 radical (unpaired) electrons. The van der Waals surface area contributed by atoms with Gasteiger partial charge in [0.1, 0.15) is 0 Å². The first-order chi connectivity index (χ1) is 7.58. The Bertz CT molecular complexity index is 442. The minimum absolute atomic E-state index is 0.00610. The molecule has 0 aromatic carbocycles. The van der Waals surface area contributed by atoms with Crippen molar-refractivity contribution in [3.63, 3.8) is 0 Å². The summed E-state index contributed by atoms with van der Waals surface area (Å²) in [5.74, 6) is -0.185. The molecule has 1 rings (SSSR count). The van der Waals surface area contributed by atoms with Crippen LogP contribution in [0.3, 0.4) is 0 Å². The van der Waals surface area contributed by atoms with Gasteiger partial charge in [-0.3, -0.25) is 4.79 Å². The molecule has 0 aromatic heterocycles. The van der Waals surface area contributed by atoms with Gasteiger partial charge in [-0.15, -0.1) is 0 Å². The van der Waals surface area contributed by atoms with Crippen molar-refractivity contribution in [3.05, 3.63) is 0 Å². The van der Waals surface area contributed by atoms with Crippen molar-refractivity contribution >= 4 is 33.0 Å². The largest absolute Gasteiger partial charge is 0.392 e. The Hall–Kier alpha value is -0.690. The lowest BCUT2D eigenvalue weighted by atomic mass is 9.91. The van der Waals surface area contributed by atoms with Crippen molar-refractivity contribution < 1.29 is 13.2 Å². The molecular weight excluding hydrogens is 260 g/mol. The van der Waals surface area contributed by atoms with Gasteiger partial charge in [0.05, 0.1) is 21.9 Å². The standard InChI is InChI=1S/C10H18N2O3S2/c1-7-6-17(14,15)5-4-12(7)9(13)10(2,3)8(11)16/h7H,4-6H2,1-3H3,(H2,11,16). The van der Waals surface area contributed by atoms with Crippen molar-refractivity contribution in [1.82, 2.24) is 4.90 Å². The Morgan fingerprint density at radius 1 is 1.47 bits per heavy atom. The van der Waals surface area contributed by atoms with Crippen molar-refractivity contribution in [3.8, 4) is 0 Å². The fourth-order valence-electron chi connectivity index (χ4n) is 1.76. The van der Waals surface area contributed by atoms with E-state index < -0.39 is 15.3 Å². The topological polar surface area (TPSA) is 80.5 Å². The van der Waals surface area contributed by atoms with Crippen molar-refractivity contribution in [2.45, 2.75) is 26.8 Å². The summed E-state index contributed by atoms with van der Waals surface area (Å²) in [5, 5.41) is 0. The number of hydrogen-bond acceptors (Lipinski definition) is 4. The van der Waals surface area contributed by atoms with Gasteiger partial charge in [0.15, 0.2) is 9.84 Å². The molecule has 1 amide bonds. The third-order valence-corrected chi connectivity index (χ3v) is 5.39. The van der Waals surface area contributed by atoms with Gasteiger partial charge in [-0.1, -0.05) is 12.2 Å². The van der Waals surface area contributed by atoms with Gasteiger partial charge in [-0.05, 0) is 20.8 Å². The van der Waals surface area contributed by atoms with E-state index in [1.54, 1.807) is 25.7 Å². The number of thiocarbonyl (C=S) groups is 1. The third-order valence-electron chi connectivity index (χ3n) is 3.08. The van der Waals surface area contributed by atoms with E-state index in [9.17, 15) is 13.2 Å². The Balaban J connectivity index is 2.89. The molecule has 1 fully saturated rings. The summed E-state index contributed by atoms with van der Waals surface area (Å²) in [6.07, 6.45) is 0. The number of nitrogens with two attached hydrogens (primary N) is 1. The average molecular weight is 278 g/mol. The van der Waals surface area contributed by atoms with Gasteiger partial charge in [0.25, 0.3) is 0 Å². The summed E-state index contributed by atoms with van der Waals surface area (Å²) in [6.45, 7) is 5.26. The van der Waals surface area contributed by atoms with Gasteiger partial charge < -0.3 is 10.6 Å². The van der Waals surface area contributed by atoms with Crippen molar-refractivity contribution in [2.75, 3.05) is 18.1 Å². The van der Waals surface area contributed by atoms with Crippen LogP contribution in [-0.2, 0) is 14.6 Å². The predicted octanol–water partition coefficient (Wildman–Crippen LogP) is -0.0558. The highest BCUT2D eigenvalue weighted by atomic mass is 32.2. The minimum atomic E-state index is -3.02. The van der Waals surface area contributed by atoms with E-state index >= 15 is 0 Å². The molecule has 0 saturated carbocycles. The summed E-state index contributed by atoms with van der Waals surface area (Å²) in [7, 11) is -3.02. The second-order valence-electron chi connectivity index (χ2n) is 4.95. The SMILES string of the molecule is CC1CS(=O)(=O)CCN1C(=O)C(C)(C)C(N)=S. The Kier molecular flexibility index (Phi) is 3.83. The minimum Gasteiger partial charge on any atom is -0.392 e. The highest BCUT2D eigenvalue weighted by Gasteiger charge is 2.39. The first kappa shape index (κ1) is 14.4. The molecule has 2 N–H and O–H groups in total. The Morgan fingerprint density at radius 3 is 2.41 bits per heavy atom. The van der Waals surface area contributed by atoms with E-state index in [0.717, 1.165) is 0 Å². The second kappa shape index (κ2) is 4.53. The van der Waals surface area contributed by atoms with Gasteiger partial charge in [0, 0.05) is 12.6 Å². The van der Waals surface area contributed by atoms with Crippen LogP contribution in [0.15, 0.2) is 0 Å². The zero-order valence-electron chi connectivity index (χ0n) is 10.3. The van der Waals surface area contributed by atoms with E-state index in [4.69, 9.17) is 18.0 Å². The number of sulfone groups is 1. The molecule has 0 aromatic rings. The number of hydrogen-bond donors (Lipinski definition) is 1. The molecule has 1 heterocycles. The number of carbonyl (C=O) groups is 1. The van der Waals surface area contributed by atoms with Crippen LogP contribution in [0.4, 0.5) is 0 Å². The zero-order valence-corrected chi connectivity index (χ0v) is 11.9. The smallest absolute Gasteiger partial charge is 0.235 e. The molecule has 7 heteroatoms. The van der Waals surface area contributed by atoms with E-state index in [0.29, 0.717) is 0 Å². The lowest BCUT2D eigenvalue weighted by Crippen LogP contribution is -2.55. The summed E-state index contributed by atoms with van der Waals surface area (Å²) in [5.41, 5.74) is 4.62. The quantitative estimate of drug-likeness (QED) is 0.716. The molecule has 98 valence electrons. The van der Waals surface area contributed by atoms with Crippen LogP contribution in [0, 0.1) is 5.41 Å². The molecule has 1 aliphatic rings. The maximum atomic E-state index is 12.2. The molecule has 5 nitrogen and oxygen atoms in total. The van der Waals surface area contributed by atoms with Crippen molar-refractivity contribution in [2.24, 2.45) is 11.1 Å². The van der Waals surface area contributed by atoms with Crippen LogP contribution >= 0.6 is 12.2 Å². The molecule has 17 heavy (non-hydrogen) atoms. The highest BCUT2D eigenvalue weighted by Crippen LogP contribution is 2.23. The first-order valence-electron chi connectivity index (χ1n) is 5.39. The Labute approximate surface area is 107 Å². The Morgan fingerprint density at radius 2 is 2.00 bits per heavy atom. The van der Waals surface area contributed by atoms with Gasteiger partial charge in [0.2, 0.25) is 5.91 Å². The molecule has 1 atom stereocenters. The zero-order chi connectivity index (χ0) is 13.4. The number of amides is 1. The lowest BCUT2D eigenvalue weighted by Gasteiger charge is -2.38. The molecule has 1 saturated heterocycles. The normalized spacial score (nSPS) is 24.4. The van der Waals surface area contributed by atoms with Crippen molar-refractivity contribution in [1.29, 1.82) is 0 Å². The first-order valence-corrected chi connectivity index (χ1v) is 7.62. The summed E-state index contributed by atoms with van der Waals surface area (Å²) in [6, 6.07) is -0.324. The molecule has 0 bridgehead atoms.